The molecule has 62 heavy (non-hydrogen) atoms. The number of carbonyl (C=O) groups is 2. The standard InChI is InChI=1S/C24BF20.C13H11N2O2/c26-5-1(6(27)14(35)21(42)13(5)34)25(2-7(28)15(36)22(43)16(37)8(2)29,3-9(30)17(38)23(44)18(39)10(3)31)4-11(32)19(40)24(45)20(41)12(4)33;16-10-12-8-14-6-7-15(12)9-13(17)11-4-2-1-3-5-11/h;1-8,10H,9H2/q-1;+1. The minimum Gasteiger partial charge on any atom is -0.291 e. The van der Waals surface area contributed by atoms with Crippen LogP contribution in [0.15, 0.2) is 48.9 Å². The lowest BCUT2D eigenvalue weighted by Crippen LogP contribution is -2.81. The maximum absolute atomic E-state index is 15.4. The van der Waals surface area contributed by atoms with E-state index in [2.05, 4.69) is 4.98 Å². The molecule has 0 aliphatic heterocycles. The second kappa shape index (κ2) is 17.3. The van der Waals surface area contributed by atoms with Gasteiger partial charge in [-0.25, -0.2) is 87.8 Å². The molecule has 324 valence electrons. The van der Waals surface area contributed by atoms with Gasteiger partial charge in [-0.3, -0.25) is 14.6 Å². The lowest BCUT2D eigenvalue weighted by Gasteiger charge is -2.44. The molecule has 0 N–H and O–H groups in total. The molecule has 4 nitrogen and oxygen atoms in total. The van der Waals surface area contributed by atoms with Gasteiger partial charge < -0.3 is 0 Å². The van der Waals surface area contributed by atoms with Crippen LogP contribution in [0.3, 0.4) is 0 Å². The first kappa shape index (κ1) is 46.3. The van der Waals surface area contributed by atoms with E-state index in [1.165, 1.54) is 6.20 Å². The second-order valence-electron chi connectivity index (χ2n) is 12.3. The number of aromatic nitrogens is 2. The molecule has 0 amide bonds. The van der Waals surface area contributed by atoms with Crippen molar-refractivity contribution >= 4 is 40.1 Å². The Bertz CT molecular complexity index is 2440. The molecule has 0 saturated heterocycles. The molecular weight excluding hydrogens is 895 g/mol. The van der Waals surface area contributed by atoms with Crippen LogP contribution in [0.4, 0.5) is 87.8 Å². The summed E-state index contributed by atoms with van der Waals surface area (Å²) < 4.78 is 296. The summed E-state index contributed by atoms with van der Waals surface area (Å²) in [5, 5.41) is 0. The Morgan fingerprint density at radius 3 is 1.00 bits per heavy atom. The molecule has 6 rings (SSSR count). The number of nitrogens with zero attached hydrogens (tertiary/aromatic N) is 2. The molecule has 0 fully saturated rings. The summed E-state index contributed by atoms with van der Waals surface area (Å²) in [6, 6.07) is 8.98. The van der Waals surface area contributed by atoms with Crippen LogP contribution in [0.25, 0.3) is 0 Å². The molecule has 0 unspecified atom stereocenters. The summed E-state index contributed by atoms with van der Waals surface area (Å²) in [6.45, 7) is 0.139. The topological polar surface area (TPSA) is 50.9 Å². The first-order valence-corrected chi connectivity index (χ1v) is 16.1. The predicted molar refractivity (Wildman–Crippen MR) is 170 cm³/mol. The van der Waals surface area contributed by atoms with Crippen molar-refractivity contribution in [2.75, 3.05) is 0 Å². The number of aldehydes is 1. The average Bonchev–Trinajstić information content (AvgIpc) is 3.26. The van der Waals surface area contributed by atoms with Gasteiger partial charge in [0.05, 0.1) is 6.20 Å². The zero-order valence-electron chi connectivity index (χ0n) is 29.3. The fourth-order valence-electron chi connectivity index (χ4n) is 6.38. The van der Waals surface area contributed by atoms with Crippen molar-refractivity contribution < 1.29 is 102 Å². The van der Waals surface area contributed by atoms with Gasteiger partial charge in [-0.15, -0.1) is 21.9 Å². The van der Waals surface area contributed by atoms with E-state index in [1.54, 1.807) is 29.1 Å². The number of benzene rings is 5. The quantitative estimate of drug-likeness (QED) is 0.0318. The minimum absolute atomic E-state index is 0.0371. The van der Waals surface area contributed by atoms with Crippen LogP contribution in [-0.4, -0.2) is 23.2 Å². The molecule has 6 aromatic rings. The van der Waals surface area contributed by atoms with Gasteiger partial charge in [-0.2, -0.15) is 4.57 Å². The summed E-state index contributed by atoms with van der Waals surface area (Å²) >= 11 is 0. The Hall–Kier alpha value is -6.82. The number of Topliss-reactive ketones (excluding diaryl/α,β-unsaturated/α-hetero) is 1. The summed E-state index contributed by atoms with van der Waals surface area (Å²) in [6.07, 6.45) is -1.93. The Morgan fingerprint density at radius 2 is 0.726 bits per heavy atom. The Kier molecular flexibility index (Phi) is 12.9. The van der Waals surface area contributed by atoms with Gasteiger partial charge in [0.2, 0.25) is 18.6 Å². The SMILES string of the molecule is Fc1c(F)c(F)c([B-](c2c(F)c(F)c(F)c(F)c2F)(c2c(F)c(F)c(F)c(F)c2F)c2c(F)c(F)c(F)c(F)c2F)c(F)c1F.O=Cc1cncc[n+]1CC(=O)c1ccccc1. The van der Waals surface area contributed by atoms with Gasteiger partial charge in [-0.05, 0) is 0 Å². The second-order valence-corrected chi connectivity index (χ2v) is 12.3. The summed E-state index contributed by atoms with van der Waals surface area (Å²) in [7, 11) is 0. The predicted octanol–water partition coefficient (Wildman–Crippen LogP) is 6.91. The van der Waals surface area contributed by atoms with Crippen molar-refractivity contribution in [3.8, 4) is 0 Å². The molecule has 0 aliphatic rings. The fraction of sp³-hybridized carbons (Fsp3) is 0.0270. The van der Waals surface area contributed by atoms with Gasteiger partial charge in [0.1, 0.15) is 58.9 Å². The van der Waals surface area contributed by atoms with Gasteiger partial charge in [0.25, 0.3) is 5.69 Å². The molecule has 5 aromatic carbocycles. The third-order valence-corrected chi connectivity index (χ3v) is 9.11. The minimum atomic E-state index is -7.22. The first-order valence-electron chi connectivity index (χ1n) is 16.1. The van der Waals surface area contributed by atoms with Crippen LogP contribution in [-0.2, 0) is 6.54 Å². The maximum Gasteiger partial charge on any atom is 0.264 e. The zero-order valence-corrected chi connectivity index (χ0v) is 29.3. The lowest BCUT2D eigenvalue weighted by atomic mass is 9.12. The van der Waals surface area contributed by atoms with Gasteiger partial charge in [0, 0.05) is 5.56 Å². The van der Waals surface area contributed by atoms with E-state index in [4.69, 9.17) is 0 Å². The van der Waals surface area contributed by atoms with E-state index >= 15 is 35.1 Å². The monoisotopic (exact) mass is 906 g/mol. The van der Waals surface area contributed by atoms with E-state index in [0.717, 1.165) is 0 Å². The summed E-state index contributed by atoms with van der Waals surface area (Å²) in [5.41, 5.74) is -13.3. The van der Waals surface area contributed by atoms with E-state index in [9.17, 15) is 62.3 Å². The molecule has 1 heterocycles. The van der Waals surface area contributed by atoms with Crippen LogP contribution >= 0.6 is 0 Å². The van der Waals surface area contributed by atoms with E-state index < -0.39 is 144 Å². The van der Waals surface area contributed by atoms with Gasteiger partial charge in [0.15, 0.2) is 76.0 Å². The molecule has 0 bridgehead atoms. The van der Waals surface area contributed by atoms with E-state index in [1.807, 2.05) is 18.2 Å². The first-order chi connectivity index (χ1) is 29.0. The molecule has 0 spiro atoms. The third kappa shape index (κ3) is 7.16. The van der Waals surface area contributed by atoms with Crippen molar-refractivity contribution in [3.05, 3.63) is 177 Å². The smallest absolute Gasteiger partial charge is 0.264 e. The summed E-state index contributed by atoms with van der Waals surface area (Å²) in [4.78, 5) is 26.5. The van der Waals surface area contributed by atoms with Crippen LogP contribution in [0, 0.1) is 116 Å². The van der Waals surface area contributed by atoms with E-state index in [-0.39, 0.29) is 12.3 Å². The number of hydrogen-bond donors (Lipinski definition) is 0. The van der Waals surface area contributed by atoms with Crippen molar-refractivity contribution in [2.24, 2.45) is 0 Å². The highest BCUT2D eigenvalue weighted by Gasteiger charge is 2.52. The molecule has 0 saturated carbocycles. The highest BCUT2D eigenvalue weighted by Crippen LogP contribution is 2.30. The van der Waals surface area contributed by atoms with E-state index in [0.29, 0.717) is 17.5 Å². The third-order valence-electron chi connectivity index (χ3n) is 9.11. The van der Waals surface area contributed by atoms with Crippen LogP contribution in [0.5, 0.6) is 0 Å². The van der Waals surface area contributed by atoms with Crippen molar-refractivity contribution in [3.63, 3.8) is 0 Å². The Morgan fingerprint density at radius 1 is 0.452 bits per heavy atom. The zero-order chi connectivity index (χ0) is 46.4. The van der Waals surface area contributed by atoms with Crippen LogP contribution in [0.2, 0.25) is 0 Å². The van der Waals surface area contributed by atoms with Gasteiger partial charge in [-0.1, -0.05) is 30.3 Å². The van der Waals surface area contributed by atoms with Crippen LogP contribution in [0.1, 0.15) is 20.8 Å². The lowest BCUT2D eigenvalue weighted by molar-refractivity contribution is -0.685. The Labute approximate surface area is 330 Å². The highest BCUT2D eigenvalue weighted by molar-refractivity contribution is 7.20. The molecule has 0 radical (unpaired) electrons. The van der Waals surface area contributed by atoms with Crippen molar-refractivity contribution in [2.45, 2.75) is 6.54 Å². The molecule has 0 aliphatic carbocycles. The average molecular weight is 906 g/mol. The fourth-order valence-corrected chi connectivity index (χ4v) is 6.38. The van der Waals surface area contributed by atoms with Gasteiger partial charge >= 0.3 is 0 Å². The number of hydrogen-bond acceptors (Lipinski definition) is 3. The maximum atomic E-state index is 15.4. The molecule has 0 atom stereocenters. The highest BCUT2D eigenvalue weighted by atomic mass is 19.2. The Balaban J connectivity index is 0.000000355. The number of carbonyl (C=O) groups excluding carboxylic acids is 2. The molecule has 25 heteroatoms. The number of rotatable bonds is 8. The van der Waals surface area contributed by atoms with Crippen molar-refractivity contribution in [1.82, 2.24) is 4.98 Å². The molecular formula is C37H11BF20N2O2. The number of halogens is 20. The normalized spacial score (nSPS) is 11.4. The summed E-state index contributed by atoms with van der Waals surface area (Å²) in [5.74, 6) is -71.4. The van der Waals surface area contributed by atoms with Crippen molar-refractivity contribution in [1.29, 1.82) is 0 Å². The van der Waals surface area contributed by atoms with Crippen LogP contribution < -0.4 is 26.4 Å². The number of ketones is 1. The largest absolute Gasteiger partial charge is 0.291 e. The molecule has 1 aromatic heterocycles.